The van der Waals surface area contributed by atoms with Crippen LogP contribution < -0.4 is 5.32 Å². The van der Waals surface area contributed by atoms with Crippen molar-refractivity contribution in [1.29, 1.82) is 0 Å². The van der Waals surface area contributed by atoms with Crippen molar-refractivity contribution in [2.75, 3.05) is 7.11 Å². The van der Waals surface area contributed by atoms with Gasteiger partial charge in [-0.15, -0.1) is 0 Å². The maximum absolute atomic E-state index is 13.1. The van der Waals surface area contributed by atoms with Crippen molar-refractivity contribution in [3.05, 3.63) is 11.6 Å². The third-order valence-corrected chi connectivity index (χ3v) is 4.88. The lowest BCUT2D eigenvalue weighted by molar-refractivity contribution is -0.153. The Bertz CT molecular complexity index is 593. The van der Waals surface area contributed by atoms with Crippen LogP contribution in [0.1, 0.15) is 59.8 Å². The number of nitrogens with one attached hydrogen (secondary N) is 1. The quantitative estimate of drug-likeness (QED) is 0.600. The van der Waals surface area contributed by atoms with E-state index in [-0.39, 0.29) is 11.9 Å². The zero-order valence-corrected chi connectivity index (χ0v) is 16.3. The molecule has 0 aliphatic carbocycles. The number of hydrogen-bond donors (Lipinski definition) is 1. The molecular formula is C19H30N2O5. The minimum atomic E-state index is -0.715. The van der Waals surface area contributed by atoms with Gasteiger partial charge in [0, 0.05) is 6.04 Å². The molecule has 7 heteroatoms. The van der Waals surface area contributed by atoms with Crippen molar-refractivity contribution in [3.63, 3.8) is 0 Å². The summed E-state index contributed by atoms with van der Waals surface area (Å²) in [7, 11) is 1.33. The fourth-order valence-corrected chi connectivity index (χ4v) is 3.67. The molecule has 0 saturated carbocycles. The Balaban J connectivity index is 2.23. The van der Waals surface area contributed by atoms with Crippen molar-refractivity contribution >= 4 is 18.0 Å². The molecule has 2 heterocycles. The molecule has 0 bridgehead atoms. The number of fused-ring (bicyclic) bond motifs is 1. The summed E-state index contributed by atoms with van der Waals surface area (Å²) in [4.78, 5) is 39.1. The molecule has 2 aliphatic heterocycles. The number of carbonyl (C=O) groups is 3. The van der Waals surface area contributed by atoms with Crippen LogP contribution in [-0.2, 0) is 19.1 Å². The molecule has 1 N–H and O–H groups in total. The summed E-state index contributed by atoms with van der Waals surface area (Å²) in [5.74, 6) is -0.636. The maximum atomic E-state index is 13.1. The van der Waals surface area contributed by atoms with Crippen LogP contribution in [0.5, 0.6) is 0 Å². The van der Waals surface area contributed by atoms with Crippen LogP contribution in [0, 0.1) is 0 Å². The first-order chi connectivity index (χ1) is 12.2. The van der Waals surface area contributed by atoms with Gasteiger partial charge in [-0.25, -0.2) is 9.59 Å². The molecule has 0 aromatic carbocycles. The number of amides is 2. The Morgan fingerprint density at radius 1 is 1.23 bits per heavy atom. The smallest absolute Gasteiger partial charge is 0.408 e. The topological polar surface area (TPSA) is 84.9 Å². The van der Waals surface area contributed by atoms with Gasteiger partial charge in [0.25, 0.3) is 0 Å². The molecule has 0 unspecified atom stereocenters. The largest absolute Gasteiger partial charge is 0.467 e. The van der Waals surface area contributed by atoms with Gasteiger partial charge in [-0.05, 0) is 59.8 Å². The number of methoxy groups -OCH3 is 1. The summed E-state index contributed by atoms with van der Waals surface area (Å²) in [6.45, 7) is 7.29. The standard InChI is InChI=1S/C19H30N2O5/c1-6-12-7-9-14(20-18(24)26-19(2,3)4)16(22)21-13(11-12)8-10-15(21)17(23)25-5/h6,13-15H,7-11H2,1-5H3,(H,20,24)/t13-,14+,15+/m1/s1. The highest BCUT2D eigenvalue weighted by molar-refractivity contribution is 5.90. The van der Waals surface area contributed by atoms with E-state index in [1.807, 2.05) is 6.92 Å². The summed E-state index contributed by atoms with van der Waals surface area (Å²) in [6.07, 6.45) is 4.74. The van der Waals surface area contributed by atoms with Gasteiger partial charge in [0.05, 0.1) is 7.11 Å². The molecule has 2 aliphatic rings. The number of alkyl carbamates (subject to hydrolysis) is 1. The Morgan fingerprint density at radius 2 is 1.92 bits per heavy atom. The number of nitrogens with zero attached hydrogens (tertiary/aromatic N) is 1. The molecular weight excluding hydrogens is 336 g/mol. The molecule has 0 aromatic rings. The second-order valence-electron chi connectivity index (χ2n) is 7.90. The Hall–Kier alpha value is -2.05. The first-order valence-electron chi connectivity index (χ1n) is 9.20. The van der Waals surface area contributed by atoms with E-state index in [1.54, 1.807) is 25.7 Å². The minimum Gasteiger partial charge on any atom is -0.467 e. The summed E-state index contributed by atoms with van der Waals surface area (Å²) in [6, 6.07) is -1.34. The predicted molar refractivity (Wildman–Crippen MR) is 96.4 cm³/mol. The Morgan fingerprint density at radius 3 is 2.50 bits per heavy atom. The summed E-state index contributed by atoms with van der Waals surface area (Å²) >= 11 is 0. The molecule has 146 valence electrons. The third-order valence-electron chi connectivity index (χ3n) is 4.88. The highest BCUT2D eigenvalue weighted by Gasteiger charge is 2.45. The molecule has 2 amide bonds. The van der Waals surface area contributed by atoms with E-state index >= 15 is 0 Å². The van der Waals surface area contributed by atoms with Crippen LogP contribution in [0.4, 0.5) is 4.79 Å². The fourth-order valence-electron chi connectivity index (χ4n) is 3.67. The lowest BCUT2D eigenvalue weighted by Crippen LogP contribution is -2.55. The van der Waals surface area contributed by atoms with Crippen LogP contribution in [0.3, 0.4) is 0 Å². The van der Waals surface area contributed by atoms with Gasteiger partial charge >= 0.3 is 12.1 Å². The average Bonchev–Trinajstić information content (AvgIpc) is 2.96. The van der Waals surface area contributed by atoms with Crippen LogP contribution in [-0.4, -0.2) is 53.7 Å². The molecule has 7 nitrogen and oxygen atoms in total. The van der Waals surface area contributed by atoms with E-state index < -0.39 is 29.7 Å². The Labute approximate surface area is 155 Å². The average molecular weight is 366 g/mol. The van der Waals surface area contributed by atoms with Gasteiger partial charge in [-0.2, -0.15) is 0 Å². The van der Waals surface area contributed by atoms with E-state index in [4.69, 9.17) is 9.47 Å². The van der Waals surface area contributed by atoms with E-state index in [1.165, 1.54) is 12.7 Å². The maximum Gasteiger partial charge on any atom is 0.408 e. The van der Waals surface area contributed by atoms with Gasteiger partial charge in [-0.1, -0.05) is 11.6 Å². The third kappa shape index (κ3) is 4.77. The van der Waals surface area contributed by atoms with E-state index in [0.29, 0.717) is 12.8 Å². The molecule has 2 fully saturated rings. The second-order valence-corrected chi connectivity index (χ2v) is 7.90. The number of allylic oxidation sites excluding steroid dienone is 1. The summed E-state index contributed by atoms with van der Waals surface area (Å²) in [5, 5.41) is 2.70. The van der Waals surface area contributed by atoms with E-state index in [0.717, 1.165) is 19.3 Å². The van der Waals surface area contributed by atoms with Crippen molar-refractivity contribution in [1.82, 2.24) is 10.2 Å². The van der Waals surface area contributed by atoms with Gasteiger partial charge in [-0.3, -0.25) is 4.79 Å². The fraction of sp³-hybridized carbons (Fsp3) is 0.737. The SMILES string of the molecule is CC=C1CC[C@H](NC(=O)OC(C)(C)C)C(=O)N2[C@H](CC[C@H]2C(=O)OC)C1. The molecule has 0 radical (unpaired) electrons. The number of carbonyl (C=O) groups excluding carboxylic acids is 3. The summed E-state index contributed by atoms with van der Waals surface area (Å²) < 4.78 is 10.2. The van der Waals surface area contributed by atoms with E-state index in [2.05, 4.69) is 11.4 Å². The van der Waals surface area contributed by atoms with Crippen molar-refractivity contribution in [2.45, 2.75) is 83.5 Å². The van der Waals surface area contributed by atoms with Crippen molar-refractivity contribution in [3.8, 4) is 0 Å². The highest BCUT2D eigenvalue weighted by Crippen LogP contribution is 2.33. The second kappa shape index (κ2) is 8.10. The lowest BCUT2D eigenvalue weighted by Gasteiger charge is -2.35. The van der Waals surface area contributed by atoms with Gasteiger partial charge in [0.2, 0.25) is 5.91 Å². The number of ether oxygens (including phenoxy) is 2. The van der Waals surface area contributed by atoms with Crippen LogP contribution >= 0.6 is 0 Å². The normalized spacial score (nSPS) is 28.2. The van der Waals surface area contributed by atoms with Crippen molar-refractivity contribution < 1.29 is 23.9 Å². The summed E-state index contributed by atoms with van der Waals surface area (Å²) in [5.41, 5.74) is 0.586. The minimum absolute atomic E-state index is 0.0407. The molecule has 3 atom stereocenters. The molecule has 26 heavy (non-hydrogen) atoms. The Kier molecular flexibility index (Phi) is 6.31. The van der Waals surface area contributed by atoms with Gasteiger partial charge in [0.15, 0.2) is 0 Å². The number of esters is 1. The van der Waals surface area contributed by atoms with Gasteiger partial charge in [0.1, 0.15) is 17.7 Å². The zero-order chi connectivity index (χ0) is 19.5. The first-order valence-corrected chi connectivity index (χ1v) is 9.20. The monoisotopic (exact) mass is 366 g/mol. The van der Waals surface area contributed by atoms with Gasteiger partial charge < -0.3 is 19.7 Å². The van der Waals surface area contributed by atoms with Crippen LogP contribution in [0.2, 0.25) is 0 Å². The predicted octanol–water partition coefficient (Wildman–Crippen LogP) is 2.54. The highest BCUT2D eigenvalue weighted by atomic mass is 16.6. The zero-order valence-electron chi connectivity index (χ0n) is 16.3. The van der Waals surface area contributed by atoms with Crippen LogP contribution in [0.15, 0.2) is 11.6 Å². The number of rotatable bonds is 2. The van der Waals surface area contributed by atoms with Crippen LogP contribution in [0.25, 0.3) is 0 Å². The first kappa shape index (κ1) is 20.3. The lowest BCUT2D eigenvalue weighted by atomic mass is 9.94. The molecule has 0 spiro atoms. The van der Waals surface area contributed by atoms with Crippen molar-refractivity contribution in [2.24, 2.45) is 0 Å². The molecule has 2 rings (SSSR count). The molecule has 0 aromatic heterocycles. The van der Waals surface area contributed by atoms with E-state index in [9.17, 15) is 14.4 Å². The number of hydrogen-bond acceptors (Lipinski definition) is 5. The molecule has 2 saturated heterocycles.